The lowest BCUT2D eigenvalue weighted by atomic mass is 10.1. The zero-order valence-electron chi connectivity index (χ0n) is 9.45. The molecular formula is C10H19F2NO. The van der Waals surface area contributed by atoms with Gasteiger partial charge in [0, 0.05) is 12.0 Å². The Labute approximate surface area is 84.1 Å². The molecule has 0 radical (unpaired) electrons. The highest BCUT2D eigenvalue weighted by Gasteiger charge is 2.78. The third kappa shape index (κ3) is 1.88. The van der Waals surface area contributed by atoms with Crippen molar-refractivity contribution in [3.05, 3.63) is 0 Å². The van der Waals surface area contributed by atoms with Crippen LogP contribution in [0.3, 0.4) is 0 Å². The Hall–Kier alpha value is -0.670. The first kappa shape index (κ1) is 13.3. The summed E-state index contributed by atoms with van der Waals surface area (Å²) in [6.45, 7) is 8.94. The van der Waals surface area contributed by atoms with Crippen LogP contribution in [0.2, 0.25) is 0 Å². The van der Waals surface area contributed by atoms with Crippen molar-refractivity contribution in [1.82, 2.24) is 5.32 Å². The second-order valence-corrected chi connectivity index (χ2v) is 3.67. The molecule has 14 heavy (non-hydrogen) atoms. The summed E-state index contributed by atoms with van der Waals surface area (Å²) >= 11 is 0. The van der Waals surface area contributed by atoms with E-state index in [1.807, 2.05) is 13.8 Å². The maximum absolute atomic E-state index is 12.9. The molecule has 1 unspecified atom stereocenters. The molecule has 1 aliphatic carbocycles. The van der Waals surface area contributed by atoms with Crippen molar-refractivity contribution in [3.8, 4) is 0 Å². The van der Waals surface area contributed by atoms with Crippen LogP contribution in [-0.2, 0) is 4.79 Å². The molecule has 1 atom stereocenters. The lowest BCUT2D eigenvalue weighted by molar-refractivity contribution is -0.124. The highest BCUT2D eigenvalue weighted by molar-refractivity contribution is 5.84. The summed E-state index contributed by atoms with van der Waals surface area (Å²) in [5.74, 6) is -4.50. The predicted molar refractivity (Wildman–Crippen MR) is 52.2 cm³/mol. The van der Waals surface area contributed by atoms with E-state index in [-0.39, 0.29) is 0 Å². The summed E-state index contributed by atoms with van der Waals surface area (Å²) in [4.78, 5) is 11.0. The monoisotopic (exact) mass is 207 g/mol. The first-order chi connectivity index (χ1) is 6.35. The average molecular weight is 207 g/mol. The van der Waals surface area contributed by atoms with Crippen molar-refractivity contribution in [2.75, 3.05) is 6.54 Å². The molecule has 0 bridgehead atoms. The maximum atomic E-state index is 12.9. The molecule has 1 amide bonds. The fourth-order valence-corrected chi connectivity index (χ4v) is 1.43. The Morgan fingerprint density at radius 3 is 1.93 bits per heavy atom. The number of halogens is 2. The standard InChI is InChI=1S/C8H13F2NO.C2H6/c1-4-11-6(12)5-7(2,3)8(5,9)10;1-2/h5H,4H2,1-3H3,(H,11,12);1-2H3. The lowest BCUT2D eigenvalue weighted by Crippen LogP contribution is -2.27. The summed E-state index contributed by atoms with van der Waals surface area (Å²) in [5.41, 5.74) is -1.16. The molecule has 84 valence electrons. The van der Waals surface area contributed by atoms with Gasteiger partial charge in [-0.3, -0.25) is 4.79 Å². The van der Waals surface area contributed by atoms with Gasteiger partial charge in [0.2, 0.25) is 5.91 Å². The van der Waals surface area contributed by atoms with Gasteiger partial charge in [0.05, 0.1) is 0 Å². The number of hydrogen-bond donors (Lipinski definition) is 1. The first-order valence-electron chi connectivity index (χ1n) is 5.01. The van der Waals surface area contributed by atoms with Gasteiger partial charge in [0.15, 0.2) is 0 Å². The Morgan fingerprint density at radius 2 is 1.71 bits per heavy atom. The molecule has 0 heterocycles. The summed E-state index contributed by atoms with van der Waals surface area (Å²) in [7, 11) is 0. The smallest absolute Gasteiger partial charge is 0.266 e. The summed E-state index contributed by atoms with van der Waals surface area (Å²) in [5, 5.41) is 2.40. The Kier molecular flexibility index (Phi) is 4.03. The van der Waals surface area contributed by atoms with E-state index in [0.29, 0.717) is 6.54 Å². The van der Waals surface area contributed by atoms with Gasteiger partial charge in [-0.1, -0.05) is 27.7 Å². The highest BCUT2D eigenvalue weighted by Crippen LogP contribution is 2.65. The fourth-order valence-electron chi connectivity index (χ4n) is 1.43. The Bertz CT molecular complexity index is 200. The van der Waals surface area contributed by atoms with Crippen LogP contribution in [0.1, 0.15) is 34.6 Å². The number of rotatable bonds is 2. The molecular weight excluding hydrogens is 188 g/mol. The van der Waals surface area contributed by atoms with E-state index in [1.54, 1.807) is 6.92 Å². The van der Waals surface area contributed by atoms with Crippen molar-refractivity contribution in [1.29, 1.82) is 0 Å². The van der Waals surface area contributed by atoms with Gasteiger partial charge in [0.25, 0.3) is 5.92 Å². The Balaban J connectivity index is 0.000000791. The minimum Gasteiger partial charge on any atom is -0.356 e. The maximum Gasteiger partial charge on any atom is 0.266 e. The van der Waals surface area contributed by atoms with E-state index in [1.165, 1.54) is 13.8 Å². The van der Waals surface area contributed by atoms with Gasteiger partial charge in [-0.05, 0) is 6.92 Å². The summed E-state index contributed by atoms with van der Waals surface area (Å²) < 4.78 is 25.8. The van der Waals surface area contributed by atoms with E-state index >= 15 is 0 Å². The first-order valence-corrected chi connectivity index (χ1v) is 5.01. The van der Waals surface area contributed by atoms with Crippen molar-refractivity contribution in [2.45, 2.75) is 40.5 Å². The third-order valence-corrected chi connectivity index (χ3v) is 2.47. The zero-order chi connectivity index (χ0) is 11.6. The number of nitrogens with one attached hydrogen (secondary N) is 1. The molecule has 1 aliphatic rings. The Morgan fingerprint density at radius 1 is 1.36 bits per heavy atom. The van der Waals surface area contributed by atoms with Crippen molar-refractivity contribution in [2.24, 2.45) is 11.3 Å². The summed E-state index contributed by atoms with van der Waals surface area (Å²) in [6.07, 6.45) is 0. The average Bonchev–Trinajstić information content (AvgIpc) is 2.47. The lowest BCUT2D eigenvalue weighted by Gasteiger charge is -1.99. The molecule has 2 nitrogen and oxygen atoms in total. The SMILES string of the molecule is CC.CCNC(=O)C1C(C)(C)C1(F)F. The van der Waals surface area contributed by atoms with E-state index in [2.05, 4.69) is 5.32 Å². The normalized spacial score (nSPS) is 25.8. The molecule has 0 aliphatic heterocycles. The van der Waals surface area contributed by atoms with Crippen LogP contribution in [0.25, 0.3) is 0 Å². The minimum atomic E-state index is -2.83. The number of alkyl halides is 2. The van der Waals surface area contributed by atoms with E-state index in [4.69, 9.17) is 0 Å². The topological polar surface area (TPSA) is 29.1 Å². The van der Waals surface area contributed by atoms with Crippen molar-refractivity contribution in [3.63, 3.8) is 0 Å². The molecule has 0 saturated heterocycles. The largest absolute Gasteiger partial charge is 0.356 e. The quantitative estimate of drug-likeness (QED) is 0.740. The number of carbonyl (C=O) groups is 1. The molecule has 1 fully saturated rings. The van der Waals surface area contributed by atoms with Crippen LogP contribution >= 0.6 is 0 Å². The van der Waals surface area contributed by atoms with Crippen LogP contribution in [0.5, 0.6) is 0 Å². The molecule has 1 N–H and O–H groups in total. The molecule has 0 aromatic carbocycles. The predicted octanol–water partition coefficient (Wildman–Crippen LogP) is 2.44. The number of carbonyl (C=O) groups excluding carboxylic acids is 1. The van der Waals surface area contributed by atoms with E-state index < -0.39 is 23.2 Å². The molecule has 0 spiro atoms. The molecule has 0 aromatic heterocycles. The van der Waals surface area contributed by atoms with Crippen molar-refractivity contribution < 1.29 is 13.6 Å². The minimum absolute atomic E-state index is 0.404. The number of hydrogen-bond acceptors (Lipinski definition) is 1. The van der Waals surface area contributed by atoms with Crippen LogP contribution in [0, 0.1) is 11.3 Å². The molecule has 0 aromatic rings. The molecule has 1 saturated carbocycles. The second-order valence-electron chi connectivity index (χ2n) is 3.67. The van der Waals surface area contributed by atoms with Crippen LogP contribution in [-0.4, -0.2) is 18.4 Å². The van der Waals surface area contributed by atoms with Gasteiger partial charge in [-0.2, -0.15) is 0 Å². The highest BCUT2D eigenvalue weighted by atomic mass is 19.3. The zero-order valence-corrected chi connectivity index (χ0v) is 9.45. The summed E-state index contributed by atoms with van der Waals surface area (Å²) in [6, 6.07) is 0. The van der Waals surface area contributed by atoms with Crippen molar-refractivity contribution >= 4 is 5.91 Å². The van der Waals surface area contributed by atoms with Crippen LogP contribution in [0.15, 0.2) is 0 Å². The number of amides is 1. The van der Waals surface area contributed by atoms with Gasteiger partial charge < -0.3 is 5.32 Å². The van der Waals surface area contributed by atoms with E-state index in [0.717, 1.165) is 0 Å². The second kappa shape index (κ2) is 4.24. The molecule has 1 rings (SSSR count). The van der Waals surface area contributed by atoms with Crippen LogP contribution in [0.4, 0.5) is 8.78 Å². The van der Waals surface area contributed by atoms with Crippen LogP contribution < -0.4 is 5.32 Å². The fraction of sp³-hybridized carbons (Fsp3) is 0.900. The van der Waals surface area contributed by atoms with E-state index in [9.17, 15) is 13.6 Å². The van der Waals surface area contributed by atoms with Gasteiger partial charge in [-0.15, -0.1) is 0 Å². The van der Waals surface area contributed by atoms with Gasteiger partial charge >= 0.3 is 0 Å². The van der Waals surface area contributed by atoms with Gasteiger partial charge in [-0.25, -0.2) is 8.78 Å². The third-order valence-electron chi connectivity index (χ3n) is 2.47. The molecule has 4 heteroatoms. The van der Waals surface area contributed by atoms with Gasteiger partial charge in [0.1, 0.15) is 5.92 Å².